The zero-order valence-corrected chi connectivity index (χ0v) is 11.3. The monoisotopic (exact) mass is 261 g/mol. The molecule has 2 heterocycles. The fourth-order valence-electron chi connectivity index (χ4n) is 1.75. The first-order chi connectivity index (χ1) is 9.24. The molecule has 0 unspecified atom stereocenters. The Kier molecular flexibility index (Phi) is 4.27. The van der Waals surface area contributed by atoms with Gasteiger partial charge in [-0.15, -0.1) is 0 Å². The van der Waals surface area contributed by atoms with Gasteiger partial charge in [0, 0.05) is 25.5 Å². The van der Waals surface area contributed by atoms with E-state index < -0.39 is 0 Å². The molecule has 0 saturated heterocycles. The quantitative estimate of drug-likeness (QED) is 0.842. The fourth-order valence-corrected chi connectivity index (χ4v) is 1.75. The third kappa shape index (κ3) is 3.18. The van der Waals surface area contributed by atoms with Gasteiger partial charge in [-0.25, -0.2) is 4.68 Å². The van der Waals surface area contributed by atoms with Crippen LogP contribution in [0.4, 0.5) is 11.9 Å². The van der Waals surface area contributed by atoms with Crippen LogP contribution in [0.15, 0.2) is 18.5 Å². The van der Waals surface area contributed by atoms with Gasteiger partial charge in [-0.2, -0.15) is 20.1 Å². The lowest BCUT2D eigenvalue weighted by Crippen LogP contribution is -2.27. The number of hydrogen-bond donors (Lipinski definition) is 1. The molecular weight excluding hydrogens is 242 g/mol. The maximum absolute atomic E-state index is 5.76. The minimum Gasteiger partial charge on any atom is -0.368 e. The van der Waals surface area contributed by atoms with Gasteiger partial charge >= 0.3 is 0 Å². The second-order valence-electron chi connectivity index (χ2n) is 4.18. The molecule has 7 nitrogen and oxygen atoms in total. The van der Waals surface area contributed by atoms with Crippen molar-refractivity contribution in [1.29, 1.82) is 0 Å². The molecule has 0 fully saturated rings. The molecule has 0 aliphatic heterocycles. The first-order valence-corrected chi connectivity index (χ1v) is 6.51. The highest BCUT2D eigenvalue weighted by Crippen LogP contribution is 2.12. The molecule has 0 aromatic carbocycles. The minimum atomic E-state index is 0.213. The molecule has 102 valence electrons. The summed E-state index contributed by atoms with van der Waals surface area (Å²) in [5.74, 6) is 1.27. The molecule has 0 radical (unpaired) electrons. The van der Waals surface area contributed by atoms with Crippen molar-refractivity contribution in [3.8, 4) is 5.95 Å². The number of anilines is 2. The van der Waals surface area contributed by atoms with Crippen molar-refractivity contribution in [2.24, 2.45) is 0 Å². The van der Waals surface area contributed by atoms with Gasteiger partial charge in [0.2, 0.25) is 11.9 Å². The van der Waals surface area contributed by atoms with Crippen molar-refractivity contribution in [3.63, 3.8) is 0 Å². The standard InChI is InChI=1S/C12H19N7/c1-3-5-8-18(4-2)11-15-10(13)16-12(17-11)19-9-6-7-14-19/h6-7,9H,3-5,8H2,1-2H3,(H2,13,15,16,17). The van der Waals surface area contributed by atoms with E-state index in [0.29, 0.717) is 11.9 Å². The van der Waals surface area contributed by atoms with Crippen LogP contribution < -0.4 is 10.6 Å². The first kappa shape index (κ1) is 13.3. The van der Waals surface area contributed by atoms with E-state index in [1.165, 1.54) is 0 Å². The lowest BCUT2D eigenvalue weighted by molar-refractivity contribution is 0.703. The summed E-state index contributed by atoms with van der Waals surface area (Å²) in [6.45, 7) is 5.98. The van der Waals surface area contributed by atoms with Crippen molar-refractivity contribution in [3.05, 3.63) is 18.5 Å². The lowest BCUT2D eigenvalue weighted by Gasteiger charge is -2.20. The topological polar surface area (TPSA) is 85.8 Å². The molecule has 2 aromatic rings. The number of rotatable bonds is 6. The molecular formula is C12H19N7. The molecule has 0 bridgehead atoms. The van der Waals surface area contributed by atoms with Crippen molar-refractivity contribution >= 4 is 11.9 Å². The summed E-state index contributed by atoms with van der Waals surface area (Å²) in [5, 5.41) is 4.11. The second-order valence-corrected chi connectivity index (χ2v) is 4.18. The van der Waals surface area contributed by atoms with Crippen LogP contribution in [0, 0.1) is 0 Å². The average Bonchev–Trinajstić information content (AvgIpc) is 2.93. The molecule has 2 N–H and O–H groups in total. The van der Waals surface area contributed by atoms with E-state index in [4.69, 9.17) is 5.73 Å². The Morgan fingerprint density at radius 2 is 2.11 bits per heavy atom. The van der Waals surface area contributed by atoms with E-state index in [1.807, 2.05) is 6.07 Å². The lowest BCUT2D eigenvalue weighted by atomic mass is 10.3. The number of aromatic nitrogens is 5. The molecule has 2 aromatic heterocycles. The Labute approximate surface area is 112 Å². The number of unbranched alkanes of at least 4 members (excludes halogenated alkanes) is 1. The Bertz CT molecular complexity index is 509. The highest BCUT2D eigenvalue weighted by atomic mass is 15.4. The minimum absolute atomic E-state index is 0.213. The molecule has 0 spiro atoms. The van der Waals surface area contributed by atoms with Crippen LogP contribution in [0.25, 0.3) is 5.95 Å². The van der Waals surface area contributed by atoms with Crippen LogP contribution in [0.3, 0.4) is 0 Å². The molecule has 0 aliphatic rings. The molecule has 0 atom stereocenters. The third-order valence-corrected chi connectivity index (χ3v) is 2.78. The van der Waals surface area contributed by atoms with E-state index >= 15 is 0 Å². The molecule has 7 heteroatoms. The summed E-state index contributed by atoms with van der Waals surface area (Å²) < 4.78 is 1.58. The second kappa shape index (κ2) is 6.12. The average molecular weight is 261 g/mol. The summed E-state index contributed by atoms with van der Waals surface area (Å²) in [6, 6.07) is 1.81. The van der Waals surface area contributed by atoms with Gasteiger partial charge in [0.05, 0.1) is 0 Å². The van der Waals surface area contributed by atoms with Crippen LogP contribution in [0.2, 0.25) is 0 Å². The smallest absolute Gasteiger partial charge is 0.257 e. The van der Waals surface area contributed by atoms with Crippen molar-refractivity contribution in [2.45, 2.75) is 26.7 Å². The Morgan fingerprint density at radius 3 is 2.74 bits per heavy atom. The predicted octanol–water partition coefficient (Wildman–Crippen LogP) is 1.27. The van der Waals surface area contributed by atoms with Gasteiger partial charge < -0.3 is 10.6 Å². The highest BCUT2D eigenvalue weighted by Gasteiger charge is 2.11. The molecule has 0 amide bonds. The number of nitrogen functional groups attached to an aromatic ring is 1. The van der Waals surface area contributed by atoms with E-state index in [-0.39, 0.29) is 5.95 Å². The highest BCUT2D eigenvalue weighted by molar-refractivity contribution is 5.37. The van der Waals surface area contributed by atoms with Crippen LogP contribution in [0.5, 0.6) is 0 Å². The maximum Gasteiger partial charge on any atom is 0.257 e. The number of nitrogens with two attached hydrogens (primary N) is 1. The van der Waals surface area contributed by atoms with Crippen LogP contribution in [-0.4, -0.2) is 37.8 Å². The summed E-state index contributed by atoms with van der Waals surface area (Å²) >= 11 is 0. The van der Waals surface area contributed by atoms with Gasteiger partial charge in [-0.3, -0.25) is 0 Å². The van der Waals surface area contributed by atoms with E-state index in [0.717, 1.165) is 25.9 Å². The Balaban J connectivity index is 2.30. The van der Waals surface area contributed by atoms with Gasteiger partial charge in [-0.1, -0.05) is 13.3 Å². The number of hydrogen-bond acceptors (Lipinski definition) is 6. The third-order valence-electron chi connectivity index (χ3n) is 2.78. The summed E-state index contributed by atoms with van der Waals surface area (Å²) in [6.07, 6.45) is 5.68. The molecule has 19 heavy (non-hydrogen) atoms. The van der Waals surface area contributed by atoms with Crippen LogP contribution in [0.1, 0.15) is 26.7 Å². The fraction of sp³-hybridized carbons (Fsp3) is 0.500. The molecule has 0 aliphatic carbocycles. The van der Waals surface area contributed by atoms with Crippen LogP contribution >= 0.6 is 0 Å². The Hall–Kier alpha value is -2.18. The summed E-state index contributed by atoms with van der Waals surface area (Å²) in [7, 11) is 0. The van der Waals surface area contributed by atoms with E-state index in [9.17, 15) is 0 Å². The van der Waals surface area contributed by atoms with Gasteiger partial charge in [0.15, 0.2) is 0 Å². The zero-order valence-electron chi connectivity index (χ0n) is 11.3. The predicted molar refractivity (Wildman–Crippen MR) is 74.2 cm³/mol. The van der Waals surface area contributed by atoms with Gasteiger partial charge in [-0.05, 0) is 19.4 Å². The first-order valence-electron chi connectivity index (χ1n) is 6.51. The largest absolute Gasteiger partial charge is 0.368 e. The van der Waals surface area contributed by atoms with Crippen LogP contribution in [-0.2, 0) is 0 Å². The van der Waals surface area contributed by atoms with E-state index in [2.05, 4.69) is 38.8 Å². The van der Waals surface area contributed by atoms with Gasteiger partial charge in [0.25, 0.3) is 5.95 Å². The summed E-state index contributed by atoms with van der Waals surface area (Å²) in [4.78, 5) is 14.8. The van der Waals surface area contributed by atoms with Crippen molar-refractivity contribution in [1.82, 2.24) is 24.7 Å². The number of nitrogens with zero attached hydrogens (tertiary/aromatic N) is 6. The maximum atomic E-state index is 5.76. The van der Waals surface area contributed by atoms with Crippen molar-refractivity contribution in [2.75, 3.05) is 23.7 Å². The SMILES string of the molecule is CCCCN(CC)c1nc(N)nc(-n2cccn2)n1. The molecule has 2 rings (SSSR count). The normalized spacial score (nSPS) is 10.6. The summed E-state index contributed by atoms with van der Waals surface area (Å²) in [5.41, 5.74) is 5.76. The zero-order chi connectivity index (χ0) is 13.7. The van der Waals surface area contributed by atoms with Crippen molar-refractivity contribution < 1.29 is 0 Å². The van der Waals surface area contributed by atoms with Gasteiger partial charge in [0.1, 0.15) is 0 Å². The molecule has 0 saturated carbocycles. The van der Waals surface area contributed by atoms with E-state index in [1.54, 1.807) is 17.1 Å². The Morgan fingerprint density at radius 1 is 1.26 bits per heavy atom.